The number of hydrogen-bond donors (Lipinski definition) is 0. The van der Waals surface area contributed by atoms with Crippen LogP contribution in [0.2, 0.25) is 0 Å². The summed E-state index contributed by atoms with van der Waals surface area (Å²) in [6.45, 7) is 10.6. The van der Waals surface area contributed by atoms with Gasteiger partial charge in [-0.1, -0.05) is 51.6 Å². The summed E-state index contributed by atoms with van der Waals surface area (Å²) in [5.74, 6) is 0. The van der Waals surface area contributed by atoms with Crippen LogP contribution in [-0.4, -0.2) is 30.1 Å². The molecule has 0 spiro atoms. The average molecular weight is 315 g/mol. The van der Waals surface area contributed by atoms with E-state index in [0.717, 1.165) is 10.5 Å². The van der Waals surface area contributed by atoms with Crippen molar-refractivity contribution in [2.75, 3.05) is 25.6 Å². The van der Waals surface area contributed by atoms with E-state index in [1.54, 1.807) is 0 Å². The van der Waals surface area contributed by atoms with Crippen LogP contribution in [0.15, 0.2) is 0 Å². The van der Waals surface area contributed by atoms with Crippen molar-refractivity contribution in [2.24, 2.45) is 0 Å². The first-order chi connectivity index (χ1) is 7.24. The van der Waals surface area contributed by atoms with Gasteiger partial charge in [0.25, 0.3) is 0 Å². The van der Waals surface area contributed by atoms with E-state index in [1.165, 1.54) is 58.2 Å². The van der Waals surface area contributed by atoms with Crippen molar-refractivity contribution < 1.29 is 21.5 Å². The fourth-order valence-electron chi connectivity index (χ4n) is 2.00. The number of unbranched alkanes of at least 4 members (excludes halogenated alkanes) is 3. The molecule has 0 rings (SSSR count). The Balaban J connectivity index is 0. The molecule has 0 N–H and O–H groups in total. The van der Waals surface area contributed by atoms with E-state index >= 15 is 0 Å². The molecule has 0 heterocycles. The molecule has 0 aromatic heterocycles. The van der Waals surface area contributed by atoms with Gasteiger partial charge in [0, 0.05) is 0 Å². The maximum atomic E-state index is 6.20. The van der Waals surface area contributed by atoms with E-state index in [2.05, 4.69) is 20.8 Å². The Morgan fingerprint density at radius 2 is 1.06 bits per heavy atom. The fourth-order valence-corrected chi connectivity index (χ4v) is 2.35. The van der Waals surface area contributed by atoms with Crippen LogP contribution in [0.4, 0.5) is 0 Å². The van der Waals surface area contributed by atoms with Gasteiger partial charge in [-0.15, -0.1) is 0 Å². The molecular formula is C13H29BrClN. The zero-order valence-corrected chi connectivity index (χ0v) is 13.6. The summed E-state index contributed by atoms with van der Waals surface area (Å²) in [7, 11) is 0. The highest BCUT2D eigenvalue weighted by atomic mass is 79.9. The molecule has 0 atom stereocenters. The maximum Gasteiger partial charge on any atom is 0.154 e. The summed E-state index contributed by atoms with van der Waals surface area (Å²) in [4.78, 5) is 0. The van der Waals surface area contributed by atoms with Crippen LogP contribution in [0.3, 0.4) is 0 Å². The molecule has 0 unspecified atom stereocenters. The van der Waals surface area contributed by atoms with Crippen LogP contribution >= 0.6 is 11.6 Å². The van der Waals surface area contributed by atoms with E-state index in [9.17, 15) is 0 Å². The van der Waals surface area contributed by atoms with Crippen molar-refractivity contribution in [3.8, 4) is 0 Å². The van der Waals surface area contributed by atoms with Crippen molar-refractivity contribution in [2.45, 2.75) is 59.3 Å². The molecule has 0 aromatic carbocycles. The van der Waals surface area contributed by atoms with E-state index in [0.29, 0.717) is 0 Å². The van der Waals surface area contributed by atoms with Crippen LogP contribution in [0, 0.1) is 0 Å². The molecule has 16 heavy (non-hydrogen) atoms. The van der Waals surface area contributed by atoms with Gasteiger partial charge in [0.15, 0.2) is 6.00 Å². The zero-order valence-electron chi connectivity index (χ0n) is 11.3. The molecule has 0 fully saturated rings. The summed E-state index contributed by atoms with van der Waals surface area (Å²) in [5.41, 5.74) is 0. The largest absolute Gasteiger partial charge is 1.00 e. The predicted molar refractivity (Wildman–Crippen MR) is 70.3 cm³/mol. The van der Waals surface area contributed by atoms with E-state index in [-0.39, 0.29) is 17.0 Å². The third-order valence-corrected chi connectivity index (χ3v) is 3.72. The highest BCUT2D eigenvalue weighted by Crippen LogP contribution is 2.15. The van der Waals surface area contributed by atoms with E-state index in [1.807, 2.05) is 0 Å². The first kappa shape index (κ1) is 19.1. The summed E-state index contributed by atoms with van der Waals surface area (Å²) in [5, 5.41) is 0. The smallest absolute Gasteiger partial charge is 0.154 e. The topological polar surface area (TPSA) is 0 Å². The molecule has 0 radical (unpaired) electrons. The molecule has 0 bridgehead atoms. The van der Waals surface area contributed by atoms with Crippen LogP contribution in [0.5, 0.6) is 0 Å². The second-order valence-electron chi connectivity index (χ2n) is 4.69. The SMILES string of the molecule is CCCC[N+](CCl)(CCCC)CCCC.[Br-]. The van der Waals surface area contributed by atoms with Crippen LogP contribution in [0.1, 0.15) is 59.3 Å². The van der Waals surface area contributed by atoms with Gasteiger partial charge in [0.05, 0.1) is 19.6 Å². The van der Waals surface area contributed by atoms with Gasteiger partial charge < -0.3 is 21.5 Å². The predicted octanol–water partition coefficient (Wildman–Crippen LogP) is 1.40. The highest BCUT2D eigenvalue weighted by Gasteiger charge is 2.24. The third-order valence-electron chi connectivity index (χ3n) is 3.21. The quantitative estimate of drug-likeness (QED) is 0.325. The summed E-state index contributed by atoms with van der Waals surface area (Å²) in [6, 6.07) is 0.806. The standard InChI is InChI=1S/C13H29ClN.BrH/c1-4-7-10-15(13-14,11-8-5-2)12-9-6-3;/h4-13H2,1-3H3;1H/q+1;/p-1. The lowest BCUT2D eigenvalue weighted by molar-refractivity contribution is -0.918. The van der Waals surface area contributed by atoms with Gasteiger partial charge in [-0.25, -0.2) is 0 Å². The average Bonchev–Trinajstić information content (AvgIpc) is 2.29. The highest BCUT2D eigenvalue weighted by molar-refractivity contribution is 6.16. The lowest BCUT2D eigenvalue weighted by Gasteiger charge is -2.37. The van der Waals surface area contributed by atoms with Gasteiger partial charge in [0.2, 0.25) is 0 Å². The van der Waals surface area contributed by atoms with Gasteiger partial charge in [-0.3, -0.25) is 0 Å². The Bertz CT molecular complexity index is 120. The number of nitrogens with zero attached hydrogens (tertiary/aromatic N) is 1. The molecular weight excluding hydrogens is 286 g/mol. The molecule has 0 amide bonds. The molecule has 0 aliphatic heterocycles. The van der Waals surface area contributed by atoms with Crippen LogP contribution in [-0.2, 0) is 0 Å². The molecule has 1 nitrogen and oxygen atoms in total. The Labute approximate surface area is 118 Å². The Morgan fingerprint density at radius 1 is 0.750 bits per heavy atom. The zero-order chi connectivity index (χ0) is 11.6. The maximum absolute atomic E-state index is 6.20. The summed E-state index contributed by atoms with van der Waals surface area (Å²) in [6.07, 6.45) is 7.82. The summed E-state index contributed by atoms with van der Waals surface area (Å²) >= 11 is 6.20. The van der Waals surface area contributed by atoms with E-state index in [4.69, 9.17) is 11.6 Å². The number of rotatable bonds is 10. The van der Waals surface area contributed by atoms with Crippen molar-refractivity contribution >= 4 is 11.6 Å². The lowest BCUT2D eigenvalue weighted by atomic mass is 10.2. The van der Waals surface area contributed by atoms with Crippen molar-refractivity contribution in [1.82, 2.24) is 0 Å². The Morgan fingerprint density at radius 3 is 1.25 bits per heavy atom. The normalized spacial score (nSPS) is 11.2. The number of halogens is 2. The fraction of sp³-hybridized carbons (Fsp3) is 1.00. The van der Waals surface area contributed by atoms with E-state index < -0.39 is 0 Å². The minimum Gasteiger partial charge on any atom is -1.00 e. The Hall–Kier alpha value is 0.730. The first-order valence-corrected chi connectivity index (χ1v) is 7.19. The van der Waals surface area contributed by atoms with Gasteiger partial charge >= 0.3 is 0 Å². The summed E-state index contributed by atoms with van der Waals surface area (Å²) < 4.78 is 1.15. The van der Waals surface area contributed by atoms with Crippen LogP contribution in [0.25, 0.3) is 0 Å². The third kappa shape index (κ3) is 7.92. The minimum absolute atomic E-state index is 0. The lowest BCUT2D eigenvalue weighted by Crippen LogP contribution is -3.00. The number of alkyl halides is 1. The molecule has 0 saturated carbocycles. The number of hydrogen-bond acceptors (Lipinski definition) is 0. The van der Waals surface area contributed by atoms with Gasteiger partial charge in [0.1, 0.15) is 0 Å². The molecule has 100 valence electrons. The van der Waals surface area contributed by atoms with Gasteiger partial charge in [-0.05, 0) is 19.3 Å². The second kappa shape index (κ2) is 12.2. The van der Waals surface area contributed by atoms with Crippen molar-refractivity contribution in [3.05, 3.63) is 0 Å². The molecule has 0 aromatic rings. The monoisotopic (exact) mass is 313 g/mol. The van der Waals surface area contributed by atoms with Crippen molar-refractivity contribution in [1.29, 1.82) is 0 Å². The minimum atomic E-state index is 0. The Kier molecular flexibility index (Phi) is 14.5. The molecule has 0 aliphatic carbocycles. The molecule has 0 aliphatic rings. The van der Waals surface area contributed by atoms with Crippen molar-refractivity contribution in [3.63, 3.8) is 0 Å². The second-order valence-corrected chi connectivity index (χ2v) is 4.93. The molecule has 3 heteroatoms. The van der Waals surface area contributed by atoms with Gasteiger partial charge in [-0.2, -0.15) is 0 Å². The van der Waals surface area contributed by atoms with Crippen LogP contribution < -0.4 is 17.0 Å². The first-order valence-electron chi connectivity index (χ1n) is 6.65. The number of quaternary nitrogens is 1. The molecule has 0 saturated heterocycles.